The van der Waals surface area contributed by atoms with Gasteiger partial charge in [0.25, 0.3) is 0 Å². The molecule has 0 unspecified atom stereocenters. The van der Waals surface area contributed by atoms with E-state index in [1.165, 1.54) is 0 Å². The van der Waals surface area contributed by atoms with Crippen LogP contribution in [-0.4, -0.2) is 36.3 Å². The highest BCUT2D eigenvalue weighted by Gasteiger charge is 2.31. The maximum absolute atomic E-state index is 12.3. The molecule has 0 bridgehead atoms. The highest BCUT2D eigenvalue weighted by molar-refractivity contribution is 5.77. The summed E-state index contributed by atoms with van der Waals surface area (Å²) in [7, 11) is 0. The SMILES string of the molecule is CCCCCC(=O)N1CC[C@@H](CC(=O)NCCC)[C@@H](CC)C1. The molecule has 1 aliphatic rings. The Morgan fingerprint density at radius 3 is 2.50 bits per heavy atom. The van der Waals surface area contributed by atoms with Gasteiger partial charge in [0.1, 0.15) is 0 Å². The summed E-state index contributed by atoms with van der Waals surface area (Å²) in [5.41, 5.74) is 0. The summed E-state index contributed by atoms with van der Waals surface area (Å²) in [6, 6.07) is 0. The van der Waals surface area contributed by atoms with Crippen molar-refractivity contribution in [2.75, 3.05) is 19.6 Å². The second kappa shape index (κ2) is 10.6. The first-order valence-corrected chi connectivity index (χ1v) is 9.16. The fourth-order valence-corrected chi connectivity index (χ4v) is 3.30. The smallest absolute Gasteiger partial charge is 0.222 e. The molecule has 0 saturated carbocycles. The largest absolute Gasteiger partial charge is 0.356 e. The zero-order chi connectivity index (χ0) is 16.4. The van der Waals surface area contributed by atoms with Crippen LogP contribution >= 0.6 is 0 Å². The van der Waals surface area contributed by atoms with E-state index < -0.39 is 0 Å². The second-order valence-electron chi connectivity index (χ2n) is 6.57. The van der Waals surface area contributed by atoms with Gasteiger partial charge in [0.2, 0.25) is 11.8 Å². The third kappa shape index (κ3) is 6.37. The molecule has 1 N–H and O–H groups in total. The highest BCUT2D eigenvalue weighted by atomic mass is 16.2. The third-order valence-electron chi connectivity index (χ3n) is 4.78. The Bertz CT molecular complexity index is 344. The molecule has 0 aromatic carbocycles. The molecule has 0 aromatic heterocycles. The lowest BCUT2D eigenvalue weighted by molar-refractivity contribution is -0.134. The minimum atomic E-state index is 0.174. The van der Waals surface area contributed by atoms with Crippen LogP contribution in [0.15, 0.2) is 0 Å². The van der Waals surface area contributed by atoms with Gasteiger partial charge in [-0.25, -0.2) is 0 Å². The maximum atomic E-state index is 12.3. The Balaban J connectivity index is 2.42. The monoisotopic (exact) mass is 310 g/mol. The fraction of sp³-hybridized carbons (Fsp3) is 0.889. The molecule has 1 saturated heterocycles. The normalized spacial score (nSPS) is 21.7. The van der Waals surface area contributed by atoms with Crippen molar-refractivity contribution in [2.45, 2.75) is 72.1 Å². The van der Waals surface area contributed by atoms with Gasteiger partial charge < -0.3 is 10.2 Å². The molecule has 128 valence electrons. The van der Waals surface area contributed by atoms with Crippen molar-refractivity contribution in [3.05, 3.63) is 0 Å². The second-order valence-corrected chi connectivity index (χ2v) is 6.57. The van der Waals surface area contributed by atoms with E-state index in [1.807, 2.05) is 4.90 Å². The van der Waals surface area contributed by atoms with Crippen LogP contribution in [0.2, 0.25) is 0 Å². The molecule has 4 nitrogen and oxygen atoms in total. The molecular weight excluding hydrogens is 276 g/mol. The van der Waals surface area contributed by atoms with Gasteiger partial charge in [-0.2, -0.15) is 0 Å². The number of carbonyl (C=O) groups excluding carboxylic acids is 2. The van der Waals surface area contributed by atoms with Crippen molar-refractivity contribution in [3.8, 4) is 0 Å². The first-order chi connectivity index (χ1) is 10.6. The average Bonchev–Trinajstić information content (AvgIpc) is 2.53. The number of unbranched alkanes of at least 4 members (excludes halogenated alkanes) is 2. The van der Waals surface area contributed by atoms with Gasteiger partial charge in [-0.3, -0.25) is 9.59 Å². The van der Waals surface area contributed by atoms with E-state index in [9.17, 15) is 9.59 Å². The molecule has 0 spiro atoms. The predicted octanol–water partition coefficient (Wildman–Crippen LogP) is 3.36. The van der Waals surface area contributed by atoms with E-state index in [0.29, 0.717) is 30.6 Å². The molecule has 4 heteroatoms. The van der Waals surface area contributed by atoms with E-state index in [4.69, 9.17) is 0 Å². The van der Waals surface area contributed by atoms with Gasteiger partial charge in [-0.05, 0) is 31.1 Å². The van der Waals surface area contributed by atoms with Crippen LogP contribution in [0.4, 0.5) is 0 Å². The zero-order valence-electron chi connectivity index (χ0n) is 14.7. The molecule has 22 heavy (non-hydrogen) atoms. The Labute approximate surface area is 136 Å². The van der Waals surface area contributed by atoms with Crippen LogP contribution in [0.25, 0.3) is 0 Å². The molecule has 1 rings (SSSR count). The van der Waals surface area contributed by atoms with E-state index in [-0.39, 0.29) is 5.91 Å². The first kappa shape index (κ1) is 19.0. The van der Waals surface area contributed by atoms with Gasteiger partial charge in [-0.15, -0.1) is 0 Å². The van der Waals surface area contributed by atoms with E-state index >= 15 is 0 Å². The summed E-state index contributed by atoms with van der Waals surface area (Å²) in [5.74, 6) is 1.38. The molecule has 0 radical (unpaired) electrons. The predicted molar refractivity (Wildman–Crippen MR) is 90.5 cm³/mol. The van der Waals surface area contributed by atoms with Crippen molar-refractivity contribution < 1.29 is 9.59 Å². The van der Waals surface area contributed by atoms with E-state index in [2.05, 4.69) is 26.1 Å². The summed E-state index contributed by atoms with van der Waals surface area (Å²) in [5, 5.41) is 2.97. The van der Waals surface area contributed by atoms with Gasteiger partial charge in [0.15, 0.2) is 0 Å². The molecule has 2 atom stereocenters. The van der Waals surface area contributed by atoms with E-state index in [0.717, 1.165) is 58.2 Å². The fourth-order valence-electron chi connectivity index (χ4n) is 3.30. The Morgan fingerprint density at radius 1 is 1.09 bits per heavy atom. The first-order valence-electron chi connectivity index (χ1n) is 9.16. The minimum Gasteiger partial charge on any atom is -0.356 e. The Kier molecular flexibility index (Phi) is 9.17. The number of hydrogen-bond acceptors (Lipinski definition) is 2. The van der Waals surface area contributed by atoms with Crippen LogP contribution in [0.5, 0.6) is 0 Å². The molecule has 1 heterocycles. The van der Waals surface area contributed by atoms with Crippen molar-refractivity contribution in [2.24, 2.45) is 11.8 Å². The molecular formula is C18H34N2O2. The zero-order valence-corrected chi connectivity index (χ0v) is 14.7. The summed E-state index contributed by atoms with van der Waals surface area (Å²) >= 11 is 0. The third-order valence-corrected chi connectivity index (χ3v) is 4.78. The Morgan fingerprint density at radius 2 is 1.86 bits per heavy atom. The lowest BCUT2D eigenvalue weighted by atomic mass is 9.81. The molecule has 2 amide bonds. The number of amides is 2. The van der Waals surface area contributed by atoms with Crippen LogP contribution in [0, 0.1) is 11.8 Å². The number of carbonyl (C=O) groups is 2. The lowest BCUT2D eigenvalue weighted by Crippen LogP contribution is -2.44. The number of hydrogen-bond donors (Lipinski definition) is 1. The van der Waals surface area contributed by atoms with E-state index in [1.54, 1.807) is 0 Å². The number of rotatable bonds is 9. The van der Waals surface area contributed by atoms with Crippen molar-refractivity contribution in [1.82, 2.24) is 10.2 Å². The van der Waals surface area contributed by atoms with Gasteiger partial charge >= 0.3 is 0 Å². The Hall–Kier alpha value is -1.06. The minimum absolute atomic E-state index is 0.174. The molecule has 0 aromatic rings. The van der Waals surface area contributed by atoms with Crippen molar-refractivity contribution in [3.63, 3.8) is 0 Å². The number of piperidine rings is 1. The van der Waals surface area contributed by atoms with Gasteiger partial charge in [0, 0.05) is 32.5 Å². The number of nitrogens with one attached hydrogen (secondary N) is 1. The van der Waals surface area contributed by atoms with Gasteiger partial charge in [0.05, 0.1) is 0 Å². The number of likely N-dealkylation sites (tertiary alicyclic amines) is 1. The van der Waals surface area contributed by atoms with Crippen LogP contribution < -0.4 is 5.32 Å². The molecule has 1 aliphatic heterocycles. The molecule has 0 aliphatic carbocycles. The summed E-state index contributed by atoms with van der Waals surface area (Å²) in [6.45, 7) is 8.84. The van der Waals surface area contributed by atoms with Crippen LogP contribution in [0.1, 0.15) is 72.1 Å². The van der Waals surface area contributed by atoms with Crippen LogP contribution in [-0.2, 0) is 9.59 Å². The van der Waals surface area contributed by atoms with Crippen molar-refractivity contribution >= 4 is 11.8 Å². The summed E-state index contributed by atoms with van der Waals surface area (Å²) in [6.07, 6.45) is 7.60. The summed E-state index contributed by atoms with van der Waals surface area (Å²) < 4.78 is 0. The standard InChI is InChI=1S/C18H34N2O2/c1-4-7-8-9-18(22)20-12-10-16(15(6-3)14-20)13-17(21)19-11-5-2/h15-16H,4-14H2,1-3H3,(H,19,21)/t15-,16-/m0/s1. The van der Waals surface area contributed by atoms with Crippen LogP contribution in [0.3, 0.4) is 0 Å². The van der Waals surface area contributed by atoms with Crippen molar-refractivity contribution in [1.29, 1.82) is 0 Å². The average molecular weight is 310 g/mol. The highest BCUT2D eigenvalue weighted by Crippen LogP contribution is 2.29. The number of nitrogens with zero attached hydrogens (tertiary/aromatic N) is 1. The quantitative estimate of drug-likeness (QED) is 0.664. The topological polar surface area (TPSA) is 49.4 Å². The summed E-state index contributed by atoms with van der Waals surface area (Å²) in [4.78, 5) is 26.2. The maximum Gasteiger partial charge on any atom is 0.222 e. The lowest BCUT2D eigenvalue weighted by Gasteiger charge is -2.38. The molecule has 1 fully saturated rings. The van der Waals surface area contributed by atoms with Gasteiger partial charge in [-0.1, -0.05) is 40.0 Å².